The van der Waals surface area contributed by atoms with E-state index in [0.29, 0.717) is 12.8 Å². The summed E-state index contributed by atoms with van der Waals surface area (Å²) in [4.78, 5) is 11.2. The largest absolute Gasteiger partial charge is 0.299 e. The molecule has 0 aromatic rings. The van der Waals surface area contributed by atoms with Crippen molar-refractivity contribution >= 4 is 5.78 Å². The lowest BCUT2D eigenvalue weighted by Crippen LogP contribution is -1.93. The number of hydrogen-bond donors (Lipinski definition) is 0. The van der Waals surface area contributed by atoms with Crippen LogP contribution in [0.5, 0.6) is 0 Å². The molecule has 0 saturated carbocycles. The summed E-state index contributed by atoms with van der Waals surface area (Å²) < 4.78 is 0. The number of ketones is 1. The van der Waals surface area contributed by atoms with Crippen LogP contribution in [0.1, 0.15) is 40.5 Å². The zero-order valence-corrected chi connectivity index (χ0v) is 8.48. The predicted octanol–water partition coefficient (Wildman–Crippen LogP) is 3.27. The first kappa shape index (κ1) is 11.2. The summed E-state index contributed by atoms with van der Waals surface area (Å²) in [5, 5.41) is 0. The Hall–Kier alpha value is -0.850. The number of Topliss-reactive ketones (excluding diaryl/α,β-unsaturated/α-hetero) is 1. The summed E-state index contributed by atoms with van der Waals surface area (Å²) in [5.41, 5.74) is 2.42. The van der Waals surface area contributed by atoms with Gasteiger partial charge in [-0.2, -0.15) is 0 Å². The lowest BCUT2D eigenvalue weighted by molar-refractivity contribution is -0.117. The topological polar surface area (TPSA) is 17.1 Å². The molecule has 0 aromatic heterocycles. The van der Waals surface area contributed by atoms with Crippen molar-refractivity contribution in [3.8, 4) is 0 Å². The third kappa shape index (κ3) is 7.26. The van der Waals surface area contributed by atoms with Crippen molar-refractivity contribution in [2.45, 2.75) is 40.5 Å². The number of hydrogen-bond acceptors (Lipinski definition) is 1. The highest BCUT2D eigenvalue weighted by Gasteiger charge is 1.95. The van der Waals surface area contributed by atoms with Crippen LogP contribution in [-0.2, 0) is 4.79 Å². The van der Waals surface area contributed by atoms with Gasteiger partial charge >= 0.3 is 0 Å². The predicted molar refractivity (Wildman–Crippen MR) is 53.1 cm³/mol. The van der Waals surface area contributed by atoms with Gasteiger partial charge in [0.2, 0.25) is 0 Å². The fraction of sp³-hybridized carbons (Fsp3) is 0.545. The molecular formula is C11H18O. The van der Waals surface area contributed by atoms with Crippen LogP contribution in [0.25, 0.3) is 0 Å². The van der Waals surface area contributed by atoms with E-state index in [0.717, 1.165) is 0 Å². The van der Waals surface area contributed by atoms with Gasteiger partial charge in [-0.15, -0.1) is 0 Å². The average molecular weight is 166 g/mol. The third-order valence-electron chi connectivity index (χ3n) is 1.48. The molecule has 12 heavy (non-hydrogen) atoms. The van der Waals surface area contributed by atoms with Crippen LogP contribution >= 0.6 is 0 Å². The molecule has 0 spiro atoms. The van der Waals surface area contributed by atoms with Crippen LogP contribution in [0.15, 0.2) is 23.3 Å². The van der Waals surface area contributed by atoms with Gasteiger partial charge in [-0.05, 0) is 27.7 Å². The van der Waals surface area contributed by atoms with Gasteiger partial charge in [-0.3, -0.25) is 4.79 Å². The summed E-state index contributed by atoms with van der Waals surface area (Å²) in [6.07, 6.45) is 5.10. The van der Waals surface area contributed by atoms with E-state index in [1.165, 1.54) is 11.1 Å². The molecule has 0 amide bonds. The van der Waals surface area contributed by atoms with Crippen molar-refractivity contribution in [2.24, 2.45) is 0 Å². The van der Waals surface area contributed by atoms with Gasteiger partial charge in [0.1, 0.15) is 5.78 Å². The maximum absolute atomic E-state index is 11.2. The quantitative estimate of drug-likeness (QED) is 0.586. The molecule has 0 atom stereocenters. The van der Waals surface area contributed by atoms with Crippen LogP contribution in [0.4, 0.5) is 0 Å². The lowest BCUT2D eigenvalue weighted by atomic mass is 10.1. The van der Waals surface area contributed by atoms with E-state index in [4.69, 9.17) is 0 Å². The van der Waals surface area contributed by atoms with Gasteiger partial charge in [0.05, 0.1) is 0 Å². The highest BCUT2D eigenvalue weighted by Crippen LogP contribution is 2.00. The van der Waals surface area contributed by atoms with E-state index in [9.17, 15) is 4.79 Å². The van der Waals surface area contributed by atoms with Crippen molar-refractivity contribution in [3.63, 3.8) is 0 Å². The molecule has 0 aromatic carbocycles. The molecule has 0 aliphatic heterocycles. The maximum atomic E-state index is 11.2. The highest BCUT2D eigenvalue weighted by molar-refractivity contribution is 5.81. The zero-order valence-electron chi connectivity index (χ0n) is 8.48. The summed E-state index contributed by atoms with van der Waals surface area (Å²) >= 11 is 0. The van der Waals surface area contributed by atoms with E-state index in [-0.39, 0.29) is 5.78 Å². The van der Waals surface area contributed by atoms with Crippen molar-refractivity contribution in [1.29, 1.82) is 0 Å². The molecule has 0 N–H and O–H groups in total. The molecule has 0 saturated heterocycles. The van der Waals surface area contributed by atoms with Crippen LogP contribution in [0.2, 0.25) is 0 Å². The second-order valence-electron chi connectivity index (χ2n) is 3.51. The molecule has 0 rings (SSSR count). The molecule has 0 aliphatic rings. The zero-order chi connectivity index (χ0) is 9.56. The molecule has 0 unspecified atom stereocenters. The average Bonchev–Trinajstić information content (AvgIpc) is 1.96. The summed E-state index contributed by atoms with van der Waals surface area (Å²) in [5.74, 6) is 0.289. The van der Waals surface area contributed by atoms with E-state index in [1.54, 1.807) is 0 Å². The molecule has 1 heteroatoms. The maximum Gasteiger partial charge on any atom is 0.140 e. The smallest absolute Gasteiger partial charge is 0.140 e. The Morgan fingerprint density at radius 3 is 1.50 bits per heavy atom. The molecule has 1 nitrogen and oxygen atoms in total. The minimum Gasteiger partial charge on any atom is -0.299 e. The minimum atomic E-state index is 0.289. The number of carbonyl (C=O) groups is 1. The first-order valence-electron chi connectivity index (χ1n) is 4.31. The molecule has 0 radical (unpaired) electrons. The van der Waals surface area contributed by atoms with E-state index in [2.05, 4.69) is 0 Å². The third-order valence-corrected chi connectivity index (χ3v) is 1.48. The van der Waals surface area contributed by atoms with E-state index < -0.39 is 0 Å². The van der Waals surface area contributed by atoms with Crippen molar-refractivity contribution < 1.29 is 4.79 Å². The van der Waals surface area contributed by atoms with Crippen LogP contribution in [0.3, 0.4) is 0 Å². The Labute approximate surface area is 75.2 Å². The molecular weight excluding hydrogens is 148 g/mol. The van der Waals surface area contributed by atoms with Crippen molar-refractivity contribution in [1.82, 2.24) is 0 Å². The summed E-state index contributed by atoms with van der Waals surface area (Å²) in [7, 11) is 0. The molecule has 0 fully saturated rings. The number of rotatable bonds is 4. The summed E-state index contributed by atoms with van der Waals surface area (Å²) in [6, 6.07) is 0. The fourth-order valence-corrected chi connectivity index (χ4v) is 0.719. The van der Waals surface area contributed by atoms with Gasteiger partial charge in [0, 0.05) is 12.8 Å². The van der Waals surface area contributed by atoms with E-state index in [1.807, 2.05) is 39.8 Å². The van der Waals surface area contributed by atoms with Crippen LogP contribution in [-0.4, -0.2) is 5.78 Å². The highest BCUT2D eigenvalue weighted by atomic mass is 16.1. The van der Waals surface area contributed by atoms with Gasteiger partial charge < -0.3 is 0 Å². The van der Waals surface area contributed by atoms with Gasteiger partial charge in [0.15, 0.2) is 0 Å². The SMILES string of the molecule is CC(C)=CCC(=O)CC=C(C)C. The van der Waals surface area contributed by atoms with Gasteiger partial charge in [0.25, 0.3) is 0 Å². The Kier molecular flexibility index (Phi) is 5.35. The Morgan fingerprint density at radius 1 is 0.917 bits per heavy atom. The molecule has 0 bridgehead atoms. The normalized spacial score (nSPS) is 9.00. The lowest BCUT2D eigenvalue weighted by Gasteiger charge is -1.93. The molecule has 68 valence electrons. The first-order chi connectivity index (χ1) is 5.52. The first-order valence-corrected chi connectivity index (χ1v) is 4.31. The number of allylic oxidation sites excluding steroid dienone is 4. The summed E-state index contributed by atoms with van der Waals surface area (Å²) in [6.45, 7) is 8.03. The second-order valence-corrected chi connectivity index (χ2v) is 3.51. The standard InChI is InChI=1S/C11H18O/c1-9(2)5-7-11(12)8-6-10(3)4/h5-6H,7-8H2,1-4H3. The Balaban J connectivity index is 3.76. The Bertz CT molecular complexity index is 179. The molecule has 0 aliphatic carbocycles. The fourth-order valence-electron chi connectivity index (χ4n) is 0.719. The minimum absolute atomic E-state index is 0.289. The van der Waals surface area contributed by atoms with Crippen LogP contribution < -0.4 is 0 Å². The van der Waals surface area contributed by atoms with E-state index >= 15 is 0 Å². The van der Waals surface area contributed by atoms with Gasteiger partial charge in [-0.25, -0.2) is 0 Å². The van der Waals surface area contributed by atoms with Crippen LogP contribution in [0, 0.1) is 0 Å². The van der Waals surface area contributed by atoms with Gasteiger partial charge in [-0.1, -0.05) is 23.3 Å². The monoisotopic (exact) mass is 166 g/mol. The van der Waals surface area contributed by atoms with Crippen molar-refractivity contribution in [3.05, 3.63) is 23.3 Å². The Morgan fingerprint density at radius 2 is 1.25 bits per heavy atom. The number of carbonyl (C=O) groups excluding carboxylic acids is 1. The molecule has 0 heterocycles. The van der Waals surface area contributed by atoms with Crippen molar-refractivity contribution in [2.75, 3.05) is 0 Å². The second kappa shape index (κ2) is 5.76.